The highest BCUT2D eigenvalue weighted by Crippen LogP contribution is 2.16. The molecule has 0 fully saturated rings. The highest BCUT2D eigenvalue weighted by molar-refractivity contribution is 5.85. The molecule has 0 bridgehead atoms. The average molecular weight is 321 g/mol. The Morgan fingerprint density at radius 3 is 2.55 bits per heavy atom. The standard InChI is InChI=1S/C18H24N2O.ClH/c1-2-11-19-12-13-20-18(21)10-8-15-7-9-16-5-3-4-6-17(16)14-15;/h3-7,9,14,19H,2,8,10-13H2,1H3,(H,20,21);1H. The number of nitrogens with one attached hydrogen (secondary N) is 2. The van der Waals surface area contributed by atoms with E-state index in [0.29, 0.717) is 13.0 Å². The van der Waals surface area contributed by atoms with Gasteiger partial charge in [-0.2, -0.15) is 0 Å². The third-order valence-corrected chi connectivity index (χ3v) is 3.51. The van der Waals surface area contributed by atoms with Gasteiger partial charge >= 0.3 is 0 Å². The molecule has 0 atom stereocenters. The zero-order valence-electron chi connectivity index (χ0n) is 13.1. The first-order valence-electron chi connectivity index (χ1n) is 7.74. The summed E-state index contributed by atoms with van der Waals surface area (Å²) in [6, 6.07) is 14.7. The number of hydrogen-bond donors (Lipinski definition) is 2. The van der Waals surface area contributed by atoms with Crippen molar-refractivity contribution in [3.05, 3.63) is 48.0 Å². The highest BCUT2D eigenvalue weighted by atomic mass is 35.5. The van der Waals surface area contributed by atoms with Gasteiger partial charge in [-0.3, -0.25) is 4.79 Å². The van der Waals surface area contributed by atoms with Crippen molar-refractivity contribution in [2.45, 2.75) is 26.2 Å². The summed E-state index contributed by atoms with van der Waals surface area (Å²) in [5.41, 5.74) is 1.22. The molecule has 0 radical (unpaired) electrons. The summed E-state index contributed by atoms with van der Waals surface area (Å²) in [5.74, 6) is 0.126. The van der Waals surface area contributed by atoms with E-state index in [1.54, 1.807) is 0 Å². The molecule has 0 unspecified atom stereocenters. The van der Waals surface area contributed by atoms with E-state index in [4.69, 9.17) is 0 Å². The number of benzene rings is 2. The van der Waals surface area contributed by atoms with Gasteiger partial charge in [0.05, 0.1) is 0 Å². The molecule has 0 aliphatic rings. The topological polar surface area (TPSA) is 41.1 Å². The van der Waals surface area contributed by atoms with Gasteiger partial charge in [-0.1, -0.05) is 49.4 Å². The summed E-state index contributed by atoms with van der Waals surface area (Å²) in [4.78, 5) is 11.8. The van der Waals surface area contributed by atoms with Crippen molar-refractivity contribution >= 4 is 29.1 Å². The van der Waals surface area contributed by atoms with Crippen LogP contribution < -0.4 is 10.6 Å². The number of carbonyl (C=O) groups is 1. The summed E-state index contributed by atoms with van der Waals surface area (Å²) >= 11 is 0. The number of aryl methyl sites for hydroxylation is 1. The Balaban J connectivity index is 0.00000242. The Bertz CT molecular complexity index is 586. The number of hydrogen-bond acceptors (Lipinski definition) is 2. The van der Waals surface area contributed by atoms with Crippen LogP contribution in [0.15, 0.2) is 42.5 Å². The normalized spacial score (nSPS) is 10.2. The first-order chi connectivity index (χ1) is 10.3. The van der Waals surface area contributed by atoms with E-state index < -0.39 is 0 Å². The van der Waals surface area contributed by atoms with E-state index in [2.05, 4.69) is 47.9 Å². The van der Waals surface area contributed by atoms with Gasteiger partial charge < -0.3 is 10.6 Å². The second-order valence-corrected chi connectivity index (χ2v) is 5.28. The number of carbonyl (C=O) groups excluding carboxylic acids is 1. The van der Waals surface area contributed by atoms with Gasteiger partial charge in [0.25, 0.3) is 0 Å². The molecule has 0 saturated heterocycles. The minimum Gasteiger partial charge on any atom is -0.355 e. The van der Waals surface area contributed by atoms with Gasteiger partial charge in [0.15, 0.2) is 0 Å². The third kappa shape index (κ3) is 6.04. The lowest BCUT2D eigenvalue weighted by Crippen LogP contribution is -2.32. The maximum atomic E-state index is 11.8. The second kappa shape index (κ2) is 10.2. The molecule has 2 rings (SSSR count). The minimum atomic E-state index is 0. The monoisotopic (exact) mass is 320 g/mol. The lowest BCUT2D eigenvalue weighted by atomic mass is 10.0. The summed E-state index contributed by atoms with van der Waals surface area (Å²) in [5, 5.41) is 8.70. The van der Waals surface area contributed by atoms with Crippen molar-refractivity contribution < 1.29 is 4.79 Å². The van der Waals surface area contributed by atoms with Crippen LogP contribution in [0.3, 0.4) is 0 Å². The number of amides is 1. The maximum Gasteiger partial charge on any atom is 0.220 e. The van der Waals surface area contributed by atoms with Crippen LogP contribution in [0.4, 0.5) is 0 Å². The number of halogens is 1. The molecule has 2 N–H and O–H groups in total. The van der Waals surface area contributed by atoms with Crippen LogP contribution >= 0.6 is 12.4 Å². The average Bonchev–Trinajstić information content (AvgIpc) is 2.52. The van der Waals surface area contributed by atoms with E-state index in [1.165, 1.54) is 16.3 Å². The molecule has 0 heterocycles. The summed E-state index contributed by atoms with van der Waals surface area (Å²) in [6.07, 6.45) is 2.46. The van der Waals surface area contributed by atoms with Gasteiger partial charge in [-0.05, 0) is 35.7 Å². The van der Waals surface area contributed by atoms with E-state index in [1.807, 2.05) is 12.1 Å². The molecule has 1 amide bonds. The fourth-order valence-corrected chi connectivity index (χ4v) is 2.33. The third-order valence-electron chi connectivity index (χ3n) is 3.51. The lowest BCUT2D eigenvalue weighted by molar-refractivity contribution is -0.121. The van der Waals surface area contributed by atoms with Crippen molar-refractivity contribution in [3.63, 3.8) is 0 Å². The molecule has 0 spiro atoms. The molecule has 0 saturated carbocycles. The van der Waals surface area contributed by atoms with Crippen LogP contribution in [0.25, 0.3) is 10.8 Å². The zero-order chi connectivity index (χ0) is 14.9. The van der Waals surface area contributed by atoms with Crippen molar-refractivity contribution in [2.75, 3.05) is 19.6 Å². The number of rotatable bonds is 8. The summed E-state index contributed by atoms with van der Waals surface area (Å²) in [6.45, 7) is 4.69. The van der Waals surface area contributed by atoms with Gasteiger partial charge in [-0.25, -0.2) is 0 Å². The molecule has 2 aromatic rings. The van der Waals surface area contributed by atoms with E-state index in [0.717, 1.165) is 25.9 Å². The Morgan fingerprint density at radius 2 is 1.77 bits per heavy atom. The molecule has 22 heavy (non-hydrogen) atoms. The Kier molecular flexibility index (Phi) is 8.56. The van der Waals surface area contributed by atoms with Crippen LogP contribution in [0.5, 0.6) is 0 Å². The largest absolute Gasteiger partial charge is 0.355 e. The second-order valence-electron chi connectivity index (χ2n) is 5.28. The van der Waals surface area contributed by atoms with Crippen LogP contribution in [0.2, 0.25) is 0 Å². The summed E-state index contributed by atoms with van der Waals surface area (Å²) < 4.78 is 0. The maximum absolute atomic E-state index is 11.8. The highest BCUT2D eigenvalue weighted by Gasteiger charge is 2.02. The predicted molar refractivity (Wildman–Crippen MR) is 95.7 cm³/mol. The van der Waals surface area contributed by atoms with Crippen molar-refractivity contribution in [1.29, 1.82) is 0 Å². The molecule has 120 valence electrons. The first-order valence-corrected chi connectivity index (χ1v) is 7.74. The van der Waals surface area contributed by atoms with Crippen molar-refractivity contribution in [3.8, 4) is 0 Å². The Morgan fingerprint density at radius 1 is 1.00 bits per heavy atom. The molecule has 0 aliphatic carbocycles. The van der Waals surface area contributed by atoms with Gasteiger partial charge in [0.2, 0.25) is 5.91 Å². The smallest absolute Gasteiger partial charge is 0.220 e. The fraction of sp³-hybridized carbons (Fsp3) is 0.389. The fourth-order valence-electron chi connectivity index (χ4n) is 2.33. The van der Waals surface area contributed by atoms with E-state index in [9.17, 15) is 4.79 Å². The minimum absolute atomic E-state index is 0. The van der Waals surface area contributed by atoms with Gasteiger partial charge in [0.1, 0.15) is 0 Å². The summed E-state index contributed by atoms with van der Waals surface area (Å²) in [7, 11) is 0. The SMILES string of the molecule is CCCNCCNC(=O)CCc1ccc2ccccc2c1.Cl. The molecule has 2 aromatic carbocycles. The molecular weight excluding hydrogens is 296 g/mol. The first kappa shape index (κ1) is 18.5. The van der Waals surface area contributed by atoms with E-state index >= 15 is 0 Å². The Hall–Kier alpha value is -1.58. The van der Waals surface area contributed by atoms with Crippen LogP contribution in [-0.2, 0) is 11.2 Å². The van der Waals surface area contributed by atoms with Crippen molar-refractivity contribution in [1.82, 2.24) is 10.6 Å². The lowest BCUT2D eigenvalue weighted by Gasteiger charge is -2.07. The number of fused-ring (bicyclic) bond motifs is 1. The van der Waals surface area contributed by atoms with Gasteiger partial charge in [-0.15, -0.1) is 12.4 Å². The van der Waals surface area contributed by atoms with Crippen LogP contribution in [-0.4, -0.2) is 25.5 Å². The van der Waals surface area contributed by atoms with Gasteiger partial charge in [0, 0.05) is 19.5 Å². The molecule has 3 nitrogen and oxygen atoms in total. The zero-order valence-corrected chi connectivity index (χ0v) is 13.9. The van der Waals surface area contributed by atoms with E-state index in [-0.39, 0.29) is 18.3 Å². The van der Waals surface area contributed by atoms with Crippen molar-refractivity contribution in [2.24, 2.45) is 0 Å². The molecule has 0 aliphatic heterocycles. The quantitative estimate of drug-likeness (QED) is 0.733. The Labute approximate surface area is 138 Å². The van der Waals surface area contributed by atoms with Crippen LogP contribution in [0.1, 0.15) is 25.3 Å². The molecule has 0 aromatic heterocycles. The predicted octanol–water partition coefficient (Wildman–Crippen LogP) is 3.31. The van der Waals surface area contributed by atoms with Crippen LogP contribution in [0, 0.1) is 0 Å². The molecule has 4 heteroatoms. The molecular formula is C18H25ClN2O.